The van der Waals surface area contributed by atoms with Crippen LogP contribution < -0.4 is 15.2 Å². The van der Waals surface area contributed by atoms with Gasteiger partial charge in [-0.2, -0.15) is 0 Å². The highest BCUT2D eigenvalue weighted by Gasteiger charge is 2.36. The predicted molar refractivity (Wildman–Crippen MR) is 124 cm³/mol. The molecule has 0 saturated carbocycles. The number of primary amides is 1. The summed E-state index contributed by atoms with van der Waals surface area (Å²) in [6, 6.07) is 9.47. The van der Waals surface area contributed by atoms with Crippen molar-refractivity contribution in [1.82, 2.24) is 4.90 Å². The zero-order valence-corrected chi connectivity index (χ0v) is 19.6. The SMILES string of the molecule is COc1cc(/C=C2\SC(=O)N(CC(N)=O)C2=O)cc(I)c1OC(=O)c1ccc(Cl)cc1. The van der Waals surface area contributed by atoms with E-state index in [1.165, 1.54) is 13.2 Å². The van der Waals surface area contributed by atoms with E-state index in [4.69, 9.17) is 26.8 Å². The van der Waals surface area contributed by atoms with Gasteiger partial charge in [-0.05, 0) is 82.4 Å². The Morgan fingerprint density at radius 1 is 1.23 bits per heavy atom. The van der Waals surface area contributed by atoms with E-state index in [1.54, 1.807) is 36.4 Å². The van der Waals surface area contributed by atoms with Gasteiger partial charge >= 0.3 is 5.97 Å². The molecule has 160 valence electrons. The summed E-state index contributed by atoms with van der Waals surface area (Å²) in [5.74, 6) is -1.51. The van der Waals surface area contributed by atoms with Crippen molar-refractivity contribution < 1.29 is 28.7 Å². The van der Waals surface area contributed by atoms with Gasteiger partial charge in [0.1, 0.15) is 6.54 Å². The summed E-state index contributed by atoms with van der Waals surface area (Å²) >= 11 is 8.51. The van der Waals surface area contributed by atoms with Crippen LogP contribution in [-0.4, -0.2) is 41.6 Å². The second kappa shape index (κ2) is 9.71. The Labute approximate surface area is 199 Å². The lowest BCUT2D eigenvalue weighted by Crippen LogP contribution is -2.36. The average Bonchev–Trinajstić information content (AvgIpc) is 2.97. The lowest BCUT2D eigenvalue weighted by Gasteiger charge is -2.12. The normalized spacial score (nSPS) is 14.8. The molecule has 0 aromatic heterocycles. The average molecular weight is 573 g/mol. The number of hydrogen-bond donors (Lipinski definition) is 1. The van der Waals surface area contributed by atoms with E-state index in [-0.39, 0.29) is 16.4 Å². The van der Waals surface area contributed by atoms with Crippen LogP contribution in [0, 0.1) is 3.57 Å². The number of methoxy groups -OCH3 is 1. The molecule has 0 unspecified atom stereocenters. The fourth-order valence-corrected chi connectivity index (χ4v) is 4.30. The van der Waals surface area contributed by atoms with Crippen LogP contribution in [0.4, 0.5) is 4.79 Å². The number of amides is 3. The van der Waals surface area contributed by atoms with Gasteiger partial charge in [-0.15, -0.1) is 0 Å². The standard InChI is InChI=1S/C20H14ClIN2O6S/c1-29-14-7-10(8-15-18(26)24(9-16(23)25)20(28)31-15)6-13(22)17(14)30-19(27)11-2-4-12(21)5-3-11/h2-8H,9H2,1H3,(H2,23,25)/b15-8-. The van der Waals surface area contributed by atoms with Gasteiger partial charge in [0, 0.05) is 5.02 Å². The quantitative estimate of drug-likeness (QED) is 0.243. The number of rotatable bonds is 6. The molecule has 2 aromatic carbocycles. The van der Waals surface area contributed by atoms with Gasteiger partial charge in [0.25, 0.3) is 11.1 Å². The van der Waals surface area contributed by atoms with Crippen LogP contribution in [0.3, 0.4) is 0 Å². The minimum absolute atomic E-state index is 0.134. The Kier molecular flexibility index (Phi) is 7.23. The summed E-state index contributed by atoms with van der Waals surface area (Å²) in [5.41, 5.74) is 5.93. The molecule has 1 heterocycles. The summed E-state index contributed by atoms with van der Waals surface area (Å²) < 4.78 is 11.4. The van der Waals surface area contributed by atoms with Crippen LogP contribution in [-0.2, 0) is 9.59 Å². The minimum Gasteiger partial charge on any atom is -0.493 e. The molecule has 31 heavy (non-hydrogen) atoms. The highest BCUT2D eigenvalue weighted by molar-refractivity contribution is 14.1. The number of carbonyl (C=O) groups excluding carboxylic acids is 4. The van der Waals surface area contributed by atoms with Crippen molar-refractivity contribution in [2.45, 2.75) is 0 Å². The van der Waals surface area contributed by atoms with Crippen LogP contribution >= 0.6 is 46.0 Å². The first kappa shape index (κ1) is 23.1. The van der Waals surface area contributed by atoms with Crippen molar-refractivity contribution in [2.24, 2.45) is 5.73 Å². The molecule has 1 fully saturated rings. The first-order chi connectivity index (χ1) is 14.7. The molecule has 0 radical (unpaired) electrons. The first-order valence-electron chi connectivity index (χ1n) is 8.58. The van der Waals surface area contributed by atoms with Crippen molar-refractivity contribution in [2.75, 3.05) is 13.7 Å². The summed E-state index contributed by atoms with van der Waals surface area (Å²) in [5, 5.41) is -0.0847. The molecular formula is C20H14ClIN2O6S. The minimum atomic E-state index is -0.786. The van der Waals surface area contributed by atoms with Crippen molar-refractivity contribution in [3.8, 4) is 11.5 Å². The molecule has 0 atom stereocenters. The second-order valence-electron chi connectivity index (χ2n) is 6.16. The topological polar surface area (TPSA) is 116 Å². The van der Waals surface area contributed by atoms with E-state index >= 15 is 0 Å². The molecule has 0 bridgehead atoms. The smallest absolute Gasteiger partial charge is 0.343 e. The van der Waals surface area contributed by atoms with Crippen molar-refractivity contribution >= 4 is 75.1 Å². The van der Waals surface area contributed by atoms with Gasteiger partial charge in [0.05, 0.1) is 21.1 Å². The Balaban J connectivity index is 1.87. The fourth-order valence-electron chi connectivity index (χ4n) is 2.60. The summed E-state index contributed by atoms with van der Waals surface area (Å²) in [6.45, 7) is -0.484. The van der Waals surface area contributed by atoms with E-state index in [0.717, 1.165) is 4.90 Å². The van der Waals surface area contributed by atoms with Crippen LogP contribution in [0.15, 0.2) is 41.3 Å². The molecule has 11 heteroatoms. The highest BCUT2D eigenvalue weighted by atomic mass is 127. The first-order valence-corrected chi connectivity index (χ1v) is 10.9. The van der Waals surface area contributed by atoms with Gasteiger partial charge < -0.3 is 15.2 Å². The van der Waals surface area contributed by atoms with Crippen molar-refractivity contribution in [3.63, 3.8) is 0 Å². The number of nitrogens with two attached hydrogens (primary N) is 1. The third kappa shape index (κ3) is 5.38. The Morgan fingerprint density at radius 3 is 2.52 bits per heavy atom. The molecular weight excluding hydrogens is 559 g/mol. The third-order valence-electron chi connectivity index (χ3n) is 4.01. The number of benzene rings is 2. The van der Waals surface area contributed by atoms with Crippen molar-refractivity contribution in [1.29, 1.82) is 0 Å². The summed E-state index contributed by atoms with van der Waals surface area (Å²) in [6.07, 6.45) is 1.49. The predicted octanol–water partition coefficient (Wildman–Crippen LogP) is 3.69. The molecule has 3 rings (SSSR count). The van der Waals surface area contributed by atoms with Gasteiger partial charge in [0.15, 0.2) is 11.5 Å². The number of thioether (sulfide) groups is 1. The Morgan fingerprint density at radius 2 is 1.90 bits per heavy atom. The highest BCUT2D eigenvalue weighted by Crippen LogP contribution is 2.37. The largest absolute Gasteiger partial charge is 0.493 e. The van der Waals surface area contributed by atoms with Gasteiger partial charge in [-0.1, -0.05) is 11.6 Å². The fraction of sp³-hybridized carbons (Fsp3) is 0.100. The molecule has 1 saturated heterocycles. The molecule has 1 aliphatic rings. The van der Waals surface area contributed by atoms with E-state index in [9.17, 15) is 19.2 Å². The maximum atomic E-state index is 12.4. The van der Waals surface area contributed by atoms with Gasteiger partial charge in [-0.25, -0.2) is 4.79 Å². The zero-order chi connectivity index (χ0) is 22.7. The second-order valence-corrected chi connectivity index (χ2v) is 8.76. The van der Waals surface area contributed by atoms with Crippen LogP contribution in [0.25, 0.3) is 6.08 Å². The number of halogens is 2. The molecule has 8 nitrogen and oxygen atoms in total. The lowest BCUT2D eigenvalue weighted by molar-refractivity contribution is -0.127. The number of carbonyl (C=O) groups is 4. The van der Waals surface area contributed by atoms with E-state index in [1.807, 2.05) is 22.6 Å². The molecule has 2 N–H and O–H groups in total. The Hall–Kier alpha value is -2.57. The lowest BCUT2D eigenvalue weighted by atomic mass is 10.1. The van der Waals surface area contributed by atoms with E-state index in [0.29, 0.717) is 31.5 Å². The van der Waals surface area contributed by atoms with Crippen molar-refractivity contribution in [3.05, 3.63) is 61.0 Å². The zero-order valence-electron chi connectivity index (χ0n) is 15.9. The number of nitrogens with zero attached hydrogens (tertiary/aromatic N) is 1. The number of esters is 1. The molecule has 3 amide bonds. The Bertz CT molecular complexity index is 1120. The van der Waals surface area contributed by atoms with E-state index < -0.39 is 29.6 Å². The summed E-state index contributed by atoms with van der Waals surface area (Å²) in [4.78, 5) is 48.8. The molecule has 0 spiro atoms. The van der Waals surface area contributed by atoms with Gasteiger partial charge in [0.2, 0.25) is 5.91 Å². The number of ether oxygens (including phenoxy) is 2. The molecule has 1 aliphatic heterocycles. The summed E-state index contributed by atoms with van der Waals surface area (Å²) in [7, 11) is 1.41. The number of hydrogen-bond acceptors (Lipinski definition) is 7. The van der Waals surface area contributed by atoms with Crippen LogP contribution in [0.1, 0.15) is 15.9 Å². The van der Waals surface area contributed by atoms with E-state index in [2.05, 4.69) is 0 Å². The number of imide groups is 1. The molecule has 2 aromatic rings. The molecule has 0 aliphatic carbocycles. The van der Waals surface area contributed by atoms with Crippen LogP contribution in [0.5, 0.6) is 11.5 Å². The van der Waals surface area contributed by atoms with Gasteiger partial charge in [-0.3, -0.25) is 19.3 Å². The van der Waals surface area contributed by atoms with Crippen LogP contribution in [0.2, 0.25) is 5.02 Å². The maximum Gasteiger partial charge on any atom is 0.343 e. The monoisotopic (exact) mass is 572 g/mol. The maximum absolute atomic E-state index is 12.4. The third-order valence-corrected chi connectivity index (χ3v) is 5.97.